The average molecular weight is 518 g/mol. The molecular formula is C29H31N3O4S. The molecule has 1 unspecified atom stereocenters. The largest absolute Gasteiger partial charge is 0.497 e. The van der Waals surface area contributed by atoms with Gasteiger partial charge in [-0.1, -0.05) is 73.9 Å². The maximum Gasteiger partial charge on any atom is 0.286 e. The van der Waals surface area contributed by atoms with E-state index >= 15 is 0 Å². The second kappa shape index (κ2) is 11.3. The third-order valence-electron chi connectivity index (χ3n) is 6.73. The van der Waals surface area contributed by atoms with E-state index in [-0.39, 0.29) is 16.8 Å². The van der Waals surface area contributed by atoms with Crippen LogP contribution in [0.3, 0.4) is 0 Å². The number of fused-ring (bicyclic) bond motifs is 1. The van der Waals surface area contributed by atoms with Crippen molar-refractivity contribution in [3.05, 3.63) is 95.6 Å². The van der Waals surface area contributed by atoms with Gasteiger partial charge in [0.1, 0.15) is 16.7 Å². The molecule has 0 amide bonds. The van der Waals surface area contributed by atoms with Crippen LogP contribution in [0.5, 0.6) is 5.75 Å². The highest BCUT2D eigenvalue weighted by atomic mass is 32.2. The number of nitrogens with one attached hydrogen (secondary N) is 1. The van der Waals surface area contributed by atoms with Gasteiger partial charge in [0.05, 0.1) is 18.7 Å². The van der Waals surface area contributed by atoms with Gasteiger partial charge in [-0.2, -0.15) is 8.42 Å². The van der Waals surface area contributed by atoms with Crippen molar-refractivity contribution in [1.29, 1.82) is 0 Å². The lowest BCUT2D eigenvalue weighted by Gasteiger charge is -2.25. The van der Waals surface area contributed by atoms with E-state index < -0.39 is 16.1 Å². The monoisotopic (exact) mass is 517 g/mol. The first kappa shape index (κ1) is 25.2. The second-order valence-corrected chi connectivity index (χ2v) is 10.9. The summed E-state index contributed by atoms with van der Waals surface area (Å²) in [5, 5.41) is 3.60. The van der Waals surface area contributed by atoms with Gasteiger partial charge in [-0.05, 0) is 48.2 Å². The van der Waals surface area contributed by atoms with Crippen molar-refractivity contribution in [3.8, 4) is 5.75 Å². The van der Waals surface area contributed by atoms with Crippen LogP contribution in [0.4, 0.5) is 0 Å². The highest BCUT2D eigenvalue weighted by Gasteiger charge is 2.33. The Kier molecular flexibility index (Phi) is 7.67. The summed E-state index contributed by atoms with van der Waals surface area (Å²) in [6.07, 6.45) is 5.38. The van der Waals surface area contributed by atoms with Crippen LogP contribution >= 0.6 is 0 Å². The van der Waals surface area contributed by atoms with Gasteiger partial charge in [0, 0.05) is 6.54 Å². The van der Waals surface area contributed by atoms with Crippen molar-refractivity contribution in [2.75, 3.05) is 7.11 Å². The van der Waals surface area contributed by atoms with Crippen LogP contribution in [0.2, 0.25) is 0 Å². The van der Waals surface area contributed by atoms with E-state index in [0.717, 1.165) is 42.6 Å². The fourth-order valence-electron chi connectivity index (χ4n) is 4.76. The summed E-state index contributed by atoms with van der Waals surface area (Å²) in [4.78, 5) is 5.23. The molecule has 1 fully saturated rings. The minimum Gasteiger partial charge on any atom is -0.497 e. The zero-order chi connectivity index (χ0) is 25.7. The van der Waals surface area contributed by atoms with Crippen molar-refractivity contribution < 1.29 is 17.9 Å². The van der Waals surface area contributed by atoms with Gasteiger partial charge in [0.15, 0.2) is 0 Å². The van der Waals surface area contributed by atoms with E-state index in [0.29, 0.717) is 18.0 Å². The van der Waals surface area contributed by atoms with Crippen LogP contribution in [0.1, 0.15) is 54.8 Å². The van der Waals surface area contributed by atoms with Crippen molar-refractivity contribution in [2.24, 2.45) is 9.39 Å². The summed E-state index contributed by atoms with van der Waals surface area (Å²) in [5.41, 5.74) is 2.50. The Morgan fingerprint density at radius 2 is 1.68 bits per heavy atom. The highest BCUT2D eigenvalue weighted by molar-refractivity contribution is 7.90. The topological polar surface area (TPSA) is 89.3 Å². The van der Waals surface area contributed by atoms with Gasteiger partial charge in [0.25, 0.3) is 10.0 Å². The molecule has 0 aromatic heterocycles. The molecule has 2 aliphatic rings. The molecule has 1 aliphatic carbocycles. The molecule has 1 atom stereocenters. The SMILES string of the molecule is COc1ccc(C(NCc2ccccc2)C(=NC2CCCCC2)OC2=NS(=O)(=O)c3ccccc32)cc1. The van der Waals surface area contributed by atoms with Crippen LogP contribution < -0.4 is 10.1 Å². The van der Waals surface area contributed by atoms with E-state index in [4.69, 9.17) is 14.5 Å². The number of hydrogen-bond donors (Lipinski definition) is 1. The lowest BCUT2D eigenvalue weighted by Crippen LogP contribution is -2.33. The Balaban J connectivity index is 1.54. The van der Waals surface area contributed by atoms with Crippen molar-refractivity contribution in [3.63, 3.8) is 0 Å². The minimum atomic E-state index is -3.82. The molecule has 0 bridgehead atoms. The molecule has 8 heteroatoms. The molecule has 3 aromatic carbocycles. The Morgan fingerprint density at radius 1 is 0.973 bits per heavy atom. The maximum atomic E-state index is 12.7. The van der Waals surface area contributed by atoms with Gasteiger partial charge in [-0.25, -0.2) is 0 Å². The van der Waals surface area contributed by atoms with Crippen LogP contribution in [0.25, 0.3) is 0 Å². The lowest BCUT2D eigenvalue weighted by atomic mass is 9.96. The second-order valence-electron chi connectivity index (χ2n) is 9.30. The summed E-state index contributed by atoms with van der Waals surface area (Å²) in [6, 6.07) is 24.3. The summed E-state index contributed by atoms with van der Waals surface area (Å²) < 4.78 is 41.1. The number of aliphatic imine (C=N–C) groups is 1. The molecule has 5 rings (SSSR count). The number of sulfonamides is 1. The van der Waals surface area contributed by atoms with E-state index in [1.54, 1.807) is 31.4 Å². The zero-order valence-electron chi connectivity index (χ0n) is 20.8. The van der Waals surface area contributed by atoms with E-state index in [1.807, 2.05) is 42.5 Å². The van der Waals surface area contributed by atoms with Gasteiger partial charge in [-0.15, -0.1) is 4.40 Å². The van der Waals surface area contributed by atoms with E-state index in [1.165, 1.54) is 6.42 Å². The highest BCUT2D eigenvalue weighted by Crippen LogP contribution is 2.30. The summed E-state index contributed by atoms with van der Waals surface area (Å²) >= 11 is 0. The number of methoxy groups -OCH3 is 1. The summed E-state index contributed by atoms with van der Waals surface area (Å²) in [7, 11) is -2.18. The van der Waals surface area contributed by atoms with Crippen molar-refractivity contribution in [1.82, 2.24) is 5.32 Å². The molecule has 0 saturated heterocycles. The molecule has 1 aliphatic heterocycles. The minimum absolute atomic E-state index is 0.0604. The third-order valence-corrected chi connectivity index (χ3v) is 8.05. The normalized spacial score (nSPS) is 18.1. The maximum absolute atomic E-state index is 12.7. The molecule has 1 N–H and O–H groups in total. The zero-order valence-corrected chi connectivity index (χ0v) is 21.7. The van der Waals surface area contributed by atoms with E-state index in [9.17, 15) is 8.42 Å². The Labute approximate surface area is 218 Å². The van der Waals surface area contributed by atoms with Gasteiger partial charge in [0.2, 0.25) is 11.8 Å². The molecule has 3 aromatic rings. The Hall–Kier alpha value is -3.49. The van der Waals surface area contributed by atoms with E-state index in [2.05, 4.69) is 21.8 Å². The first-order chi connectivity index (χ1) is 18.0. The number of hydrogen-bond acceptors (Lipinski definition) is 6. The molecule has 7 nitrogen and oxygen atoms in total. The quantitative estimate of drug-likeness (QED) is 0.334. The third kappa shape index (κ3) is 5.92. The first-order valence-electron chi connectivity index (χ1n) is 12.6. The average Bonchev–Trinajstić information content (AvgIpc) is 3.19. The Bertz CT molecular complexity index is 1380. The predicted octanol–water partition coefficient (Wildman–Crippen LogP) is 5.42. The number of benzene rings is 3. The van der Waals surface area contributed by atoms with Gasteiger partial charge >= 0.3 is 0 Å². The fraction of sp³-hybridized carbons (Fsp3) is 0.310. The molecular weight excluding hydrogens is 486 g/mol. The Morgan fingerprint density at radius 3 is 2.41 bits per heavy atom. The standard InChI is InChI=1S/C29H31N3O4S/c1-35-24-18-16-22(17-19-24)27(30-20-21-10-4-2-5-11-21)29(31-23-12-6-3-7-13-23)36-28-25-14-8-9-15-26(25)37(33,34)32-28/h2,4-5,8-11,14-19,23,27,30H,3,6-7,12-13,20H2,1H3. The van der Waals surface area contributed by atoms with Crippen LogP contribution in [0, 0.1) is 0 Å². The van der Waals surface area contributed by atoms with Crippen LogP contribution in [0.15, 0.2) is 93.1 Å². The molecule has 37 heavy (non-hydrogen) atoms. The molecule has 1 heterocycles. The molecule has 0 radical (unpaired) electrons. The number of nitrogens with zero attached hydrogens (tertiary/aromatic N) is 2. The number of ether oxygens (including phenoxy) is 2. The van der Waals surface area contributed by atoms with Crippen LogP contribution in [-0.4, -0.2) is 33.4 Å². The summed E-state index contributed by atoms with van der Waals surface area (Å²) in [6.45, 7) is 0.575. The smallest absolute Gasteiger partial charge is 0.286 e. The number of rotatable bonds is 7. The summed E-state index contributed by atoms with van der Waals surface area (Å²) in [5.74, 6) is 1.22. The fourth-order valence-corrected chi connectivity index (χ4v) is 5.89. The van der Waals surface area contributed by atoms with Crippen LogP contribution in [-0.2, 0) is 21.3 Å². The molecule has 1 saturated carbocycles. The molecule has 0 spiro atoms. The predicted molar refractivity (Wildman–Crippen MR) is 145 cm³/mol. The lowest BCUT2D eigenvalue weighted by molar-refractivity contribution is 0.413. The first-order valence-corrected chi connectivity index (χ1v) is 14.1. The van der Waals surface area contributed by atoms with Gasteiger partial charge in [-0.3, -0.25) is 10.3 Å². The van der Waals surface area contributed by atoms with Crippen molar-refractivity contribution >= 4 is 21.8 Å². The molecule has 192 valence electrons. The van der Waals surface area contributed by atoms with Crippen molar-refractivity contribution in [2.45, 2.75) is 55.6 Å². The van der Waals surface area contributed by atoms with Gasteiger partial charge < -0.3 is 9.47 Å².